The maximum absolute atomic E-state index is 13.2. The lowest BCUT2D eigenvalue weighted by Gasteiger charge is -2.08. The summed E-state index contributed by atoms with van der Waals surface area (Å²) in [6, 6.07) is 5.44. The highest BCUT2D eigenvalue weighted by atomic mass is 19.4. The molecule has 0 bridgehead atoms. The third-order valence-electron chi connectivity index (χ3n) is 4.56. The van der Waals surface area contributed by atoms with E-state index in [2.05, 4.69) is 20.1 Å². The Balaban J connectivity index is 1.79. The molecule has 0 radical (unpaired) electrons. The Kier molecular flexibility index (Phi) is 4.24. The Hall–Kier alpha value is -3.10. The molecule has 4 rings (SSSR count). The molecule has 1 aliphatic rings. The van der Waals surface area contributed by atoms with Crippen LogP contribution < -0.4 is 0 Å². The van der Waals surface area contributed by atoms with E-state index >= 15 is 0 Å². The van der Waals surface area contributed by atoms with Gasteiger partial charge >= 0.3 is 6.18 Å². The number of carbonyl (C=O) groups excluding carboxylic acids is 1. The predicted molar refractivity (Wildman–Crippen MR) is 96.2 cm³/mol. The normalized spacial score (nSPS) is 15.2. The summed E-state index contributed by atoms with van der Waals surface area (Å²) in [5.74, 6) is -1.69. The van der Waals surface area contributed by atoms with Crippen molar-refractivity contribution in [2.24, 2.45) is 10.9 Å². The highest BCUT2D eigenvalue weighted by Crippen LogP contribution is 2.38. The van der Waals surface area contributed by atoms with Crippen molar-refractivity contribution in [3.8, 4) is 11.3 Å². The van der Waals surface area contributed by atoms with Crippen LogP contribution in [-0.4, -0.2) is 37.4 Å². The average Bonchev–Trinajstić information content (AvgIpc) is 3.37. The van der Waals surface area contributed by atoms with Gasteiger partial charge in [-0.2, -0.15) is 18.3 Å². The smallest absolute Gasteiger partial charge is 0.267 e. The number of aryl methyl sites for hydroxylation is 2. The molecule has 3 aromatic heterocycles. The third-order valence-corrected chi connectivity index (χ3v) is 4.56. The summed E-state index contributed by atoms with van der Waals surface area (Å²) < 4.78 is 41.0. The molecule has 9 heteroatoms. The van der Waals surface area contributed by atoms with Gasteiger partial charge in [-0.3, -0.25) is 9.78 Å². The van der Waals surface area contributed by atoms with E-state index in [4.69, 9.17) is 0 Å². The fraction of sp³-hybridized carbons (Fsp3) is 0.316. The van der Waals surface area contributed by atoms with E-state index in [1.165, 1.54) is 10.7 Å². The molecule has 1 fully saturated rings. The summed E-state index contributed by atoms with van der Waals surface area (Å²) >= 11 is 0. The second-order valence-corrected chi connectivity index (χ2v) is 6.84. The van der Waals surface area contributed by atoms with Crippen LogP contribution in [0.2, 0.25) is 0 Å². The lowest BCUT2D eigenvalue weighted by molar-refractivity contribution is -0.0613. The molecular weight excluding hydrogens is 371 g/mol. The SMILES string of the molecule is Cc1ccc(-c2cc(C)n3ncc(C(=O)N=C(C4CC4)C(F)(F)F)c3n2)cn1. The second-order valence-electron chi connectivity index (χ2n) is 6.84. The third kappa shape index (κ3) is 3.39. The van der Waals surface area contributed by atoms with Crippen LogP contribution in [0.25, 0.3) is 16.9 Å². The molecule has 28 heavy (non-hydrogen) atoms. The van der Waals surface area contributed by atoms with E-state index < -0.39 is 23.7 Å². The van der Waals surface area contributed by atoms with Gasteiger partial charge in [0.05, 0.1) is 11.9 Å². The van der Waals surface area contributed by atoms with Gasteiger partial charge in [0.1, 0.15) is 11.3 Å². The van der Waals surface area contributed by atoms with Crippen LogP contribution in [-0.2, 0) is 0 Å². The van der Waals surface area contributed by atoms with Crippen molar-refractivity contribution in [1.82, 2.24) is 19.6 Å². The fourth-order valence-electron chi connectivity index (χ4n) is 2.94. The monoisotopic (exact) mass is 387 g/mol. The number of pyridine rings is 1. The van der Waals surface area contributed by atoms with E-state index in [1.807, 2.05) is 19.1 Å². The summed E-state index contributed by atoms with van der Waals surface area (Å²) in [7, 11) is 0. The van der Waals surface area contributed by atoms with E-state index in [1.54, 1.807) is 19.2 Å². The van der Waals surface area contributed by atoms with Gasteiger partial charge in [0.25, 0.3) is 5.91 Å². The molecule has 0 atom stereocenters. The number of carbonyl (C=O) groups is 1. The van der Waals surface area contributed by atoms with Crippen molar-refractivity contribution in [2.75, 3.05) is 0 Å². The van der Waals surface area contributed by atoms with E-state index in [0.29, 0.717) is 24.2 Å². The minimum absolute atomic E-state index is 0.0626. The maximum atomic E-state index is 13.2. The number of hydrogen-bond donors (Lipinski definition) is 0. The molecular formula is C19H16F3N5O. The lowest BCUT2D eigenvalue weighted by Crippen LogP contribution is -2.26. The Morgan fingerprint density at radius 2 is 1.96 bits per heavy atom. The maximum Gasteiger partial charge on any atom is 0.429 e. The molecule has 6 nitrogen and oxygen atoms in total. The predicted octanol–water partition coefficient (Wildman–Crippen LogP) is 3.96. The largest absolute Gasteiger partial charge is 0.429 e. The first-order chi connectivity index (χ1) is 13.2. The molecule has 0 spiro atoms. The number of aromatic nitrogens is 4. The van der Waals surface area contributed by atoms with Crippen LogP contribution in [0, 0.1) is 19.8 Å². The number of aliphatic imine (C=N–C) groups is 1. The summed E-state index contributed by atoms with van der Waals surface area (Å²) in [5.41, 5.74) is 1.89. The lowest BCUT2D eigenvalue weighted by atomic mass is 10.1. The van der Waals surface area contributed by atoms with Crippen molar-refractivity contribution >= 4 is 17.3 Å². The minimum atomic E-state index is -4.62. The first-order valence-corrected chi connectivity index (χ1v) is 8.72. The molecule has 0 N–H and O–H groups in total. The first-order valence-electron chi connectivity index (χ1n) is 8.72. The first kappa shape index (κ1) is 18.3. The van der Waals surface area contributed by atoms with Gasteiger partial charge in [-0.15, -0.1) is 0 Å². The average molecular weight is 387 g/mol. The van der Waals surface area contributed by atoms with Crippen molar-refractivity contribution in [3.63, 3.8) is 0 Å². The van der Waals surface area contributed by atoms with Crippen molar-refractivity contribution in [2.45, 2.75) is 32.9 Å². The Bertz CT molecular complexity index is 1100. The van der Waals surface area contributed by atoms with Crippen LogP contribution in [0.3, 0.4) is 0 Å². The van der Waals surface area contributed by atoms with Crippen molar-refractivity contribution < 1.29 is 18.0 Å². The van der Waals surface area contributed by atoms with Crippen LogP contribution in [0.1, 0.15) is 34.6 Å². The van der Waals surface area contributed by atoms with E-state index in [9.17, 15) is 18.0 Å². The molecule has 3 aromatic rings. The topological polar surface area (TPSA) is 72.5 Å². The summed E-state index contributed by atoms with van der Waals surface area (Å²) in [4.78, 5) is 24.6. The number of halogens is 3. The van der Waals surface area contributed by atoms with Crippen LogP contribution in [0.4, 0.5) is 13.2 Å². The number of hydrogen-bond acceptors (Lipinski definition) is 4. The molecule has 0 aromatic carbocycles. The van der Waals surface area contributed by atoms with E-state index in [0.717, 1.165) is 11.3 Å². The number of nitrogens with zero attached hydrogens (tertiary/aromatic N) is 5. The molecule has 1 aliphatic carbocycles. The molecule has 0 aliphatic heterocycles. The fourth-order valence-corrected chi connectivity index (χ4v) is 2.94. The molecule has 1 amide bonds. The second kappa shape index (κ2) is 6.50. The van der Waals surface area contributed by atoms with Gasteiger partial charge in [-0.05, 0) is 44.9 Å². The highest BCUT2D eigenvalue weighted by Gasteiger charge is 2.45. The Labute approximate surface area is 158 Å². The minimum Gasteiger partial charge on any atom is -0.267 e. The van der Waals surface area contributed by atoms with Gasteiger partial charge in [-0.1, -0.05) is 0 Å². The molecule has 1 saturated carbocycles. The zero-order chi connectivity index (χ0) is 20.1. The highest BCUT2D eigenvalue weighted by molar-refractivity contribution is 6.09. The number of rotatable bonds is 3. The van der Waals surface area contributed by atoms with Gasteiger partial charge in [0, 0.05) is 29.1 Å². The van der Waals surface area contributed by atoms with Crippen LogP contribution in [0.15, 0.2) is 35.6 Å². The van der Waals surface area contributed by atoms with Gasteiger partial charge in [0.2, 0.25) is 0 Å². The van der Waals surface area contributed by atoms with E-state index in [-0.39, 0.29) is 11.2 Å². The van der Waals surface area contributed by atoms with Crippen LogP contribution >= 0.6 is 0 Å². The van der Waals surface area contributed by atoms with Gasteiger partial charge in [0.15, 0.2) is 5.65 Å². The Morgan fingerprint density at radius 3 is 2.57 bits per heavy atom. The molecule has 0 saturated heterocycles. The molecule has 144 valence electrons. The van der Waals surface area contributed by atoms with Gasteiger partial charge in [-0.25, -0.2) is 14.5 Å². The standard InChI is InChI=1S/C19H16F3N5O/c1-10-3-4-13(8-23-10)15-7-11(2)27-17(25-15)14(9-24-27)18(28)26-16(12-5-6-12)19(20,21)22/h3-4,7-9,12H,5-6H2,1-2H3. The summed E-state index contributed by atoms with van der Waals surface area (Å²) in [6.07, 6.45) is -0.982. The quantitative estimate of drug-likeness (QED) is 0.638. The van der Waals surface area contributed by atoms with Crippen molar-refractivity contribution in [1.29, 1.82) is 0 Å². The zero-order valence-electron chi connectivity index (χ0n) is 15.2. The number of alkyl halides is 3. The molecule has 3 heterocycles. The Morgan fingerprint density at radius 1 is 1.21 bits per heavy atom. The number of fused-ring (bicyclic) bond motifs is 1. The van der Waals surface area contributed by atoms with Gasteiger partial charge < -0.3 is 0 Å². The molecule has 0 unspecified atom stereocenters. The summed E-state index contributed by atoms with van der Waals surface area (Å²) in [5, 5.41) is 4.09. The zero-order valence-corrected chi connectivity index (χ0v) is 15.2. The number of amides is 1. The van der Waals surface area contributed by atoms with Crippen molar-refractivity contribution in [3.05, 3.63) is 47.5 Å². The van der Waals surface area contributed by atoms with Crippen LogP contribution in [0.5, 0.6) is 0 Å². The summed E-state index contributed by atoms with van der Waals surface area (Å²) in [6.45, 7) is 3.63.